The Kier molecular flexibility index (Phi) is 9.61. The molecular weight excluding hydrogens is 529 g/mol. The minimum absolute atomic E-state index is 0. The SMILES string of the molecule is CN=C(NCc1ccc(CN2CCC(C)CC2)cc1)N1CCN(C(=O)c2ccco2)CC1.I. The molecule has 0 spiro atoms. The maximum absolute atomic E-state index is 12.5. The van der Waals surface area contributed by atoms with Crippen molar-refractivity contribution in [1.82, 2.24) is 20.0 Å². The molecule has 0 saturated carbocycles. The van der Waals surface area contributed by atoms with E-state index in [4.69, 9.17) is 4.42 Å². The summed E-state index contributed by atoms with van der Waals surface area (Å²) in [5.41, 5.74) is 2.62. The minimum Gasteiger partial charge on any atom is -0.459 e. The van der Waals surface area contributed by atoms with Gasteiger partial charge in [-0.25, -0.2) is 0 Å². The fourth-order valence-electron chi connectivity index (χ4n) is 4.43. The van der Waals surface area contributed by atoms with Gasteiger partial charge in [0, 0.05) is 46.3 Å². The van der Waals surface area contributed by atoms with Crippen LogP contribution in [0.25, 0.3) is 0 Å². The maximum Gasteiger partial charge on any atom is 0.289 e. The first-order chi connectivity index (χ1) is 15.6. The molecule has 33 heavy (non-hydrogen) atoms. The van der Waals surface area contributed by atoms with E-state index >= 15 is 0 Å². The molecule has 2 aliphatic heterocycles. The van der Waals surface area contributed by atoms with Crippen LogP contribution in [0, 0.1) is 5.92 Å². The van der Waals surface area contributed by atoms with Gasteiger partial charge in [-0.15, -0.1) is 24.0 Å². The lowest BCUT2D eigenvalue weighted by Gasteiger charge is -2.36. The molecule has 8 heteroatoms. The standard InChI is InChI=1S/C25H35N5O2.HI/c1-20-9-11-28(12-10-20)19-22-7-5-21(6-8-22)18-27-25(26-2)30-15-13-29(14-16-30)24(31)23-4-3-17-32-23;/h3-8,17,20H,9-16,18-19H2,1-2H3,(H,26,27);1H. The molecule has 0 bridgehead atoms. The number of piperidine rings is 1. The molecule has 2 saturated heterocycles. The molecule has 2 aromatic rings. The highest BCUT2D eigenvalue weighted by atomic mass is 127. The number of carbonyl (C=O) groups excluding carboxylic acids is 1. The number of nitrogens with zero attached hydrogens (tertiary/aromatic N) is 4. The van der Waals surface area contributed by atoms with Crippen LogP contribution in [0.15, 0.2) is 52.1 Å². The van der Waals surface area contributed by atoms with Crippen molar-refractivity contribution in [2.24, 2.45) is 10.9 Å². The number of aliphatic imine (C=N–C) groups is 1. The highest BCUT2D eigenvalue weighted by Gasteiger charge is 2.25. The number of piperazine rings is 1. The summed E-state index contributed by atoms with van der Waals surface area (Å²) < 4.78 is 5.24. The van der Waals surface area contributed by atoms with E-state index in [1.807, 2.05) is 11.9 Å². The van der Waals surface area contributed by atoms with Gasteiger partial charge in [0.1, 0.15) is 0 Å². The lowest BCUT2D eigenvalue weighted by Crippen LogP contribution is -2.53. The zero-order valence-electron chi connectivity index (χ0n) is 19.7. The van der Waals surface area contributed by atoms with Crippen LogP contribution in [0.4, 0.5) is 0 Å². The van der Waals surface area contributed by atoms with Crippen LogP contribution < -0.4 is 5.32 Å². The van der Waals surface area contributed by atoms with E-state index in [0.29, 0.717) is 18.8 Å². The zero-order chi connectivity index (χ0) is 22.3. The highest BCUT2D eigenvalue weighted by molar-refractivity contribution is 14.0. The molecule has 0 unspecified atom stereocenters. The Morgan fingerprint density at radius 2 is 1.64 bits per heavy atom. The third kappa shape index (κ3) is 6.96. The van der Waals surface area contributed by atoms with Gasteiger partial charge in [-0.1, -0.05) is 31.2 Å². The van der Waals surface area contributed by atoms with Crippen molar-refractivity contribution in [3.63, 3.8) is 0 Å². The third-order valence-corrected chi connectivity index (χ3v) is 6.57. The first-order valence-corrected chi connectivity index (χ1v) is 11.7. The smallest absolute Gasteiger partial charge is 0.289 e. The molecule has 7 nitrogen and oxygen atoms in total. The molecule has 2 fully saturated rings. The van der Waals surface area contributed by atoms with E-state index in [2.05, 4.69) is 51.3 Å². The maximum atomic E-state index is 12.5. The van der Waals surface area contributed by atoms with Gasteiger partial charge in [0.05, 0.1) is 6.26 Å². The topological polar surface area (TPSA) is 64.3 Å². The van der Waals surface area contributed by atoms with E-state index in [-0.39, 0.29) is 29.9 Å². The van der Waals surface area contributed by atoms with Crippen molar-refractivity contribution in [1.29, 1.82) is 0 Å². The van der Waals surface area contributed by atoms with Crippen molar-refractivity contribution in [2.45, 2.75) is 32.9 Å². The quantitative estimate of drug-likeness (QED) is 0.341. The van der Waals surface area contributed by atoms with Crippen LogP contribution in [0.1, 0.15) is 41.4 Å². The summed E-state index contributed by atoms with van der Waals surface area (Å²) in [6.45, 7) is 9.37. The largest absolute Gasteiger partial charge is 0.459 e. The molecular formula is C25H36IN5O2. The number of halogens is 1. The van der Waals surface area contributed by atoms with Crippen molar-refractivity contribution < 1.29 is 9.21 Å². The van der Waals surface area contributed by atoms with E-state index < -0.39 is 0 Å². The molecule has 3 heterocycles. The van der Waals surface area contributed by atoms with Gasteiger partial charge in [0.15, 0.2) is 11.7 Å². The molecule has 0 radical (unpaired) electrons. The van der Waals surface area contributed by atoms with Crippen LogP contribution >= 0.6 is 24.0 Å². The molecule has 2 aliphatic rings. The van der Waals surface area contributed by atoms with Crippen molar-refractivity contribution in [2.75, 3.05) is 46.3 Å². The summed E-state index contributed by atoms with van der Waals surface area (Å²) in [6, 6.07) is 12.4. The zero-order valence-corrected chi connectivity index (χ0v) is 22.0. The number of rotatable bonds is 5. The summed E-state index contributed by atoms with van der Waals surface area (Å²) >= 11 is 0. The fraction of sp³-hybridized carbons (Fsp3) is 0.520. The number of hydrogen-bond donors (Lipinski definition) is 1. The Hall–Kier alpha value is -2.07. The van der Waals surface area contributed by atoms with E-state index in [0.717, 1.165) is 38.1 Å². The van der Waals surface area contributed by atoms with Crippen molar-refractivity contribution in [3.8, 4) is 0 Å². The number of amides is 1. The van der Waals surface area contributed by atoms with Crippen LogP contribution in [-0.2, 0) is 13.1 Å². The van der Waals surface area contributed by atoms with Gasteiger partial charge in [-0.2, -0.15) is 0 Å². The van der Waals surface area contributed by atoms with Crippen molar-refractivity contribution in [3.05, 3.63) is 59.5 Å². The Morgan fingerprint density at radius 1 is 1.00 bits per heavy atom. The predicted octanol–water partition coefficient (Wildman–Crippen LogP) is 3.66. The molecule has 1 aromatic carbocycles. The average Bonchev–Trinajstić information content (AvgIpc) is 3.37. The number of nitrogens with one attached hydrogen (secondary N) is 1. The van der Waals surface area contributed by atoms with Gasteiger partial charge in [0.25, 0.3) is 5.91 Å². The molecule has 1 N–H and O–H groups in total. The fourth-order valence-corrected chi connectivity index (χ4v) is 4.43. The van der Waals surface area contributed by atoms with Gasteiger partial charge >= 0.3 is 0 Å². The van der Waals surface area contributed by atoms with Crippen LogP contribution in [0.5, 0.6) is 0 Å². The summed E-state index contributed by atoms with van der Waals surface area (Å²) in [4.78, 5) is 23.5. The average molecular weight is 566 g/mol. The Labute approximate surface area is 214 Å². The van der Waals surface area contributed by atoms with Gasteiger partial charge in [0.2, 0.25) is 0 Å². The predicted molar refractivity (Wildman–Crippen MR) is 142 cm³/mol. The number of carbonyl (C=O) groups is 1. The highest BCUT2D eigenvalue weighted by Crippen LogP contribution is 2.18. The summed E-state index contributed by atoms with van der Waals surface area (Å²) in [6.07, 6.45) is 4.16. The van der Waals surface area contributed by atoms with Gasteiger partial charge in [-0.05, 0) is 55.1 Å². The summed E-state index contributed by atoms with van der Waals surface area (Å²) in [7, 11) is 1.81. The Morgan fingerprint density at radius 3 is 2.24 bits per heavy atom. The van der Waals surface area contributed by atoms with Crippen LogP contribution in [-0.4, -0.2) is 72.9 Å². The number of furan rings is 1. The van der Waals surface area contributed by atoms with E-state index in [1.54, 1.807) is 12.1 Å². The second kappa shape index (κ2) is 12.4. The first kappa shape index (κ1) is 25.6. The molecule has 180 valence electrons. The lowest BCUT2D eigenvalue weighted by molar-refractivity contribution is 0.0657. The second-order valence-electron chi connectivity index (χ2n) is 8.93. The normalized spacial score (nSPS) is 18.2. The monoisotopic (exact) mass is 565 g/mol. The van der Waals surface area contributed by atoms with Crippen molar-refractivity contribution >= 4 is 35.8 Å². The Balaban J connectivity index is 0.00000306. The van der Waals surface area contributed by atoms with Gasteiger partial charge in [-0.3, -0.25) is 14.7 Å². The number of benzene rings is 1. The lowest BCUT2D eigenvalue weighted by atomic mass is 9.99. The van der Waals surface area contributed by atoms with Gasteiger partial charge < -0.3 is 19.5 Å². The molecule has 0 atom stereocenters. The molecule has 4 rings (SSSR count). The minimum atomic E-state index is -0.0447. The second-order valence-corrected chi connectivity index (χ2v) is 8.93. The molecule has 0 aliphatic carbocycles. The van der Waals surface area contributed by atoms with Crippen LogP contribution in [0.2, 0.25) is 0 Å². The third-order valence-electron chi connectivity index (χ3n) is 6.57. The first-order valence-electron chi connectivity index (χ1n) is 11.7. The molecule has 1 amide bonds. The van der Waals surface area contributed by atoms with E-state index in [1.165, 1.54) is 43.3 Å². The summed E-state index contributed by atoms with van der Waals surface area (Å²) in [5.74, 6) is 2.10. The number of hydrogen-bond acceptors (Lipinski definition) is 4. The van der Waals surface area contributed by atoms with E-state index in [9.17, 15) is 4.79 Å². The van der Waals surface area contributed by atoms with Crippen LogP contribution in [0.3, 0.4) is 0 Å². The number of likely N-dealkylation sites (tertiary alicyclic amines) is 1. The molecule has 1 aromatic heterocycles. The number of guanidine groups is 1. The summed E-state index contributed by atoms with van der Waals surface area (Å²) in [5, 5.41) is 3.48. The Bertz CT molecular complexity index is 884.